The van der Waals surface area contributed by atoms with Crippen molar-refractivity contribution in [2.45, 2.75) is 6.54 Å². The lowest BCUT2D eigenvalue weighted by molar-refractivity contribution is 0.101. The van der Waals surface area contributed by atoms with E-state index in [-0.39, 0.29) is 11.7 Å². The number of rotatable bonds is 4. The number of aromatic nitrogens is 4. The van der Waals surface area contributed by atoms with Crippen molar-refractivity contribution in [2.75, 3.05) is 5.32 Å². The van der Waals surface area contributed by atoms with Gasteiger partial charge in [0, 0.05) is 13.2 Å². The summed E-state index contributed by atoms with van der Waals surface area (Å²) in [6, 6.07) is 6.31. The number of hydrogen-bond acceptors (Lipinski definition) is 3. The summed E-state index contributed by atoms with van der Waals surface area (Å²) in [4.78, 5) is 12.2. The molecule has 8 heteroatoms. The number of benzene rings is 1. The van der Waals surface area contributed by atoms with Gasteiger partial charge in [-0.1, -0.05) is 12.1 Å². The van der Waals surface area contributed by atoms with Gasteiger partial charge in [0.1, 0.15) is 11.5 Å². The quantitative estimate of drug-likeness (QED) is 0.760. The van der Waals surface area contributed by atoms with E-state index in [1.54, 1.807) is 36.4 Å². The topological polar surface area (TPSA) is 64.7 Å². The number of amides is 1. The van der Waals surface area contributed by atoms with Gasteiger partial charge in [0.2, 0.25) is 0 Å². The maximum Gasteiger partial charge on any atom is 0.275 e. The Hall–Kier alpha value is -2.48. The Morgan fingerprint density at radius 3 is 2.87 bits per heavy atom. The lowest BCUT2D eigenvalue weighted by atomic mass is 10.2. The first-order valence-corrected chi connectivity index (χ1v) is 7.58. The van der Waals surface area contributed by atoms with Crippen LogP contribution in [0.5, 0.6) is 0 Å². The Bertz CT molecular complexity index is 838. The fourth-order valence-corrected chi connectivity index (χ4v) is 2.72. The van der Waals surface area contributed by atoms with Crippen LogP contribution < -0.4 is 5.32 Å². The van der Waals surface area contributed by atoms with Crippen molar-refractivity contribution in [3.05, 3.63) is 64.4 Å². The second-order valence-electron chi connectivity index (χ2n) is 4.98. The third kappa shape index (κ3) is 3.48. The first kappa shape index (κ1) is 15.4. The molecule has 0 aliphatic heterocycles. The smallest absolute Gasteiger partial charge is 0.275 e. The van der Waals surface area contributed by atoms with E-state index < -0.39 is 0 Å². The van der Waals surface area contributed by atoms with Gasteiger partial charge < -0.3 is 5.32 Å². The van der Waals surface area contributed by atoms with Crippen LogP contribution in [0.2, 0.25) is 0 Å². The average Bonchev–Trinajstić information content (AvgIpc) is 3.06. The molecule has 0 radical (unpaired) electrons. The van der Waals surface area contributed by atoms with Crippen molar-refractivity contribution in [3.8, 4) is 0 Å². The molecular formula is C15H13BrFN5O. The Labute approximate surface area is 140 Å². The summed E-state index contributed by atoms with van der Waals surface area (Å²) in [6.07, 6.45) is 4.79. The molecule has 0 saturated heterocycles. The van der Waals surface area contributed by atoms with Gasteiger partial charge in [-0.3, -0.25) is 14.2 Å². The summed E-state index contributed by atoms with van der Waals surface area (Å²) in [5.41, 5.74) is 1.77. The normalized spacial score (nSPS) is 10.7. The third-order valence-corrected chi connectivity index (χ3v) is 3.81. The molecule has 2 aromatic heterocycles. The summed E-state index contributed by atoms with van der Waals surface area (Å²) in [6.45, 7) is 0.420. The molecule has 3 aromatic rings. The van der Waals surface area contributed by atoms with Crippen LogP contribution in [0.3, 0.4) is 0 Å². The van der Waals surface area contributed by atoms with Crippen LogP contribution in [-0.2, 0) is 13.6 Å². The number of anilines is 1. The van der Waals surface area contributed by atoms with E-state index in [9.17, 15) is 9.18 Å². The summed E-state index contributed by atoms with van der Waals surface area (Å²) in [7, 11) is 1.69. The van der Waals surface area contributed by atoms with Gasteiger partial charge >= 0.3 is 0 Å². The zero-order chi connectivity index (χ0) is 16.4. The molecule has 1 aromatic carbocycles. The molecule has 6 nitrogen and oxygen atoms in total. The van der Waals surface area contributed by atoms with Crippen LogP contribution in [0.4, 0.5) is 10.1 Å². The van der Waals surface area contributed by atoms with Crippen molar-refractivity contribution >= 4 is 27.5 Å². The molecule has 0 aliphatic rings. The van der Waals surface area contributed by atoms with Gasteiger partial charge in [0.25, 0.3) is 5.91 Å². The van der Waals surface area contributed by atoms with Gasteiger partial charge in [-0.2, -0.15) is 10.2 Å². The highest BCUT2D eigenvalue weighted by Gasteiger charge is 2.16. The molecule has 118 valence electrons. The largest absolute Gasteiger partial charge is 0.318 e. The Balaban J connectivity index is 1.71. The highest BCUT2D eigenvalue weighted by Crippen LogP contribution is 2.17. The Kier molecular flexibility index (Phi) is 4.24. The van der Waals surface area contributed by atoms with Crippen LogP contribution in [-0.4, -0.2) is 25.5 Å². The molecule has 0 atom stereocenters. The van der Waals surface area contributed by atoms with E-state index in [2.05, 4.69) is 31.4 Å². The van der Waals surface area contributed by atoms with Gasteiger partial charge in [0.15, 0.2) is 0 Å². The number of nitrogens with zero attached hydrogens (tertiary/aromatic N) is 4. The molecule has 0 unspecified atom stereocenters. The Morgan fingerprint density at radius 1 is 1.35 bits per heavy atom. The fraction of sp³-hybridized carbons (Fsp3) is 0.133. The molecule has 23 heavy (non-hydrogen) atoms. The van der Waals surface area contributed by atoms with Crippen molar-refractivity contribution in [2.24, 2.45) is 7.05 Å². The molecule has 1 amide bonds. The van der Waals surface area contributed by atoms with Crippen molar-refractivity contribution in [1.82, 2.24) is 19.6 Å². The number of nitrogens with one attached hydrogen (secondary N) is 1. The van der Waals surface area contributed by atoms with E-state index in [4.69, 9.17) is 0 Å². The zero-order valence-corrected chi connectivity index (χ0v) is 13.8. The average molecular weight is 378 g/mol. The minimum absolute atomic E-state index is 0.288. The molecule has 2 heterocycles. The van der Waals surface area contributed by atoms with E-state index in [1.807, 2.05) is 6.07 Å². The maximum absolute atomic E-state index is 13.2. The second kappa shape index (κ2) is 6.33. The first-order valence-electron chi connectivity index (χ1n) is 6.78. The van der Waals surface area contributed by atoms with Gasteiger partial charge in [0.05, 0.1) is 29.1 Å². The SMILES string of the molecule is Cn1ncc(Br)c1C(=O)Nc1cnn(Cc2cccc(F)c2)c1. The zero-order valence-electron chi connectivity index (χ0n) is 12.2. The highest BCUT2D eigenvalue weighted by atomic mass is 79.9. The number of halogens is 2. The number of carbonyl (C=O) groups excluding carboxylic acids is 1. The fourth-order valence-electron chi connectivity index (χ4n) is 2.19. The summed E-state index contributed by atoms with van der Waals surface area (Å²) in [5.74, 6) is -0.577. The number of aryl methyl sites for hydroxylation is 1. The highest BCUT2D eigenvalue weighted by molar-refractivity contribution is 9.10. The minimum Gasteiger partial charge on any atom is -0.318 e. The van der Waals surface area contributed by atoms with Crippen LogP contribution in [0.25, 0.3) is 0 Å². The lowest BCUT2D eigenvalue weighted by Gasteiger charge is -2.04. The molecule has 0 spiro atoms. The Morgan fingerprint density at radius 2 is 2.17 bits per heavy atom. The van der Waals surface area contributed by atoms with E-state index in [0.29, 0.717) is 22.4 Å². The number of hydrogen-bond donors (Lipinski definition) is 1. The molecule has 0 saturated carbocycles. The van der Waals surface area contributed by atoms with E-state index in [0.717, 1.165) is 5.56 Å². The van der Waals surface area contributed by atoms with Crippen LogP contribution in [0, 0.1) is 5.82 Å². The first-order chi connectivity index (χ1) is 11.0. The van der Waals surface area contributed by atoms with E-state index >= 15 is 0 Å². The standard InChI is InChI=1S/C15H13BrFN5O/c1-21-14(13(16)7-18-21)15(23)20-12-6-19-22(9-12)8-10-3-2-4-11(17)5-10/h2-7,9H,8H2,1H3,(H,20,23). The third-order valence-electron chi connectivity index (χ3n) is 3.23. The molecule has 1 N–H and O–H groups in total. The van der Waals surface area contributed by atoms with E-state index in [1.165, 1.54) is 16.8 Å². The van der Waals surface area contributed by atoms with Gasteiger partial charge in [-0.05, 0) is 33.6 Å². The monoisotopic (exact) mass is 377 g/mol. The summed E-state index contributed by atoms with van der Waals surface area (Å²) < 4.78 is 16.9. The summed E-state index contributed by atoms with van der Waals surface area (Å²) in [5, 5.41) is 10.9. The van der Waals surface area contributed by atoms with Crippen molar-refractivity contribution in [1.29, 1.82) is 0 Å². The molecule has 0 bridgehead atoms. The van der Waals surface area contributed by atoms with Crippen LogP contribution in [0.1, 0.15) is 16.1 Å². The van der Waals surface area contributed by atoms with Gasteiger partial charge in [-0.25, -0.2) is 4.39 Å². The maximum atomic E-state index is 13.2. The molecular weight excluding hydrogens is 365 g/mol. The van der Waals surface area contributed by atoms with Crippen molar-refractivity contribution < 1.29 is 9.18 Å². The van der Waals surface area contributed by atoms with Gasteiger partial charge in [-0.15, -0.1) is 0 Å². The minimum atomic E-state index is -0.290. The predicted molar refractivity (Wildman–Crippen MR) is 86.6 cm³/mol. The van der Waals surface area contributed by atoms with Crippen molar-refractivity contribution in [3.63, 3.8) is 0 Å². The molecule has 0 fully saturated rings. The second-order valence-corrected chi connectivity index (χ2v) is 5.83. The summed E-state index contributed by atoms with van der Waals surface area (Å²) >= 11 is 3.29. The lowest BCUT2D eigenvalue weighted by Crippen LogP contribution is -2.16. The van der Waals surface area contributed by atoms with Crippen LogP contribution in [0.15, 0.2) is 47.3 Å². The predicted octanol–water partition coefficient (Wildman–Crippen LogP) is 2.82. The molecule has 0 aliphatic carbocycles. The molecule has 3 rings (SSSR count). The van der Waals surface area contributed by atoms with Crippen LogP contribution >= 0.6 is 15.9 Å². The number of carbonyl (C=O) groups is 1.